The van der Waals surface area contributed by atoms with E-state index in [1.807, 2.05) is 97.1 Å². The molecule has 4 atom stereocenters. The summed E-state index contributed by atoms with van der Waals surface area (Å²) in [5.41, 5.74) is 2.16. The highest BCUT2D eigenvalue weighted by atomic mass is 16.6. The number of aliphatic hydroxyl groups excluding tert-OH is 2. The number of aliphatic hydroxyl groups is 2. The second-order valence-corrected chi connectivity index (χ2v) is 9.27. The highest BCUT2D eigenvalue weighted by Gasteiger charge is 2.47. The zero-order valence-electron chi connectivity index (χ0n) is 21.1. The number of aromatic amines is 1. The molecule has 0 aliphatic heterocycles. The first-order valence-corrected chi connectivity index (χ1v) is 12.5. The summed E-state index contributed by atoms with van der Waals surface area (Å²) in [6.07, 6.45) is -1.34. The Balaban J connectivity index is 1.58. The molecular weight excluding hydrogens is 466 g/mol. The molecule has 0 fully saturated rings. The molecule has 0 saturated heterocycles. The second-order valence-electron chi connectivity index (χ2n) is 9.27. The molecule has 0 saturated carbocycles. The Morgan fingerprint density at radius 3 is 1.78 bits per heavy atom. The molecule has 4 aromatic rings. The minimum Gasteiger partial charge on any atom is -0.388 e. The molecular formula is C31H35NO5. The Morgan fingerprint density at radius 2 is 1.24 bits per heavy atom. The Morgan fingerprint density at radius 1 is 0.703 bits per heavy atom. The van der Waals surface area contributed by atoms with E-state index in [2.05, 4.69) is 4.98 Å². The van der Waals surface area contributed by atoms with Crippen molar-refractivity contribution in [1.29, 1.82) is 0 Å². The fraction of sp³-hybridized carbons (Fsp3) is 0.290. The molecule has 0 spiro atoms. The SMILES string of the molecule is C[C@](OCc1ccccc1)(C(O)c1ccc[nH]1)[C@H](OCc1ccccc1)C(O)COCc1ccccc1. The van der Waals surface area contributed by atoms with Crippen LogP contribution in [0.5, 0.6) is 0 Å². The molecule has 3 aromatic carbocycles. The van der Waals surface area contributed by atoms with Crippen LogP contribution < -0.4 is 0 Å². The topological polar surface area (TPSA) is 83.9 Å². The molecule has 6 heteroatoms. The van der Waals surface area contributed by atoms with Crippen LogP contribution in [0.1, 0.15) is 35.4 Å². The first kappa shape index (κ1) is 26.8. The van der Waals surface area contributed by atoms with E-state index in [1.54, 1.807) is 19.2 Å². The molecule has 37 heavy (non-hydrogen) atoms. The molecule has 0 aliphatic rings. The van der Waals surface area contributed by atoms with Gasteiger partial charge in [0.2, 0.25) is 0 Å². The van der Waals surface area contributed by atoms with Gasteiger partial charge in [-0.2, -0.15) is 0 Å². The quantitative estimate of drug-likeness (QED) is 0.222. The zero-order valence-corrected chi connectivity index (χ0v) is 21.1. The Labute approximate surface area is 218 Å². The monoisotopic (exact) mass is 501 g/mol. The summed E-state index contributed by atoms with van der Waals surface area (Å²) in [5.74, 6) is 0. The van der Waals surface area contributed by atoms with Crippen LogP contribution in [0.3, 0.4) is 0 Å². The van der Waals surface area contributed by atoms with Crippen molar-refractivity contribution >= 4 is 0 Å². The van der Waals surface area contributed by atoms with Crippen molar-refractivity contribution in [2.24, 2.45) is 0 Å². The summed E-state index contributed by atoms with van der Waals surface area (Å²) < 4.78 is 18.6. The lowest BCUT2D eigenvalue weighted by Gasteiger charge is -2.42. The lowest BCUT2D eigenvalue weighted by molar-refractivity contribution is -0.230. The van der Waals surface area contributed by atoms with Gasteiger partial charge in [-0.1, -0.05) is 91.0 Å². The van der Waals surface area contributed by atoms with Gasteiger partial charge in [-0.25, -0.2) is 0 Å². The van der Waals surface area contributed by atoms with Crippen molar-refractivity contribution in [3.8, 4) is 0 Å². The molecule has 1 heterocycles. The number of rotatable bonds is 14. The highest BCUT2D eigenvalue weighted by molar-refractivity contribution is 5.18. The standard InChI is InChI=1S/C31H35NO5/c1-31(29(34)27-18-11-19-32-27,37-22-26-16-9-4-10-17-26)30(36-21-25-14-7-3-8-15-25)28(33)23-35-20-24-12-5-2-6-13-24/h2-19,28-30,32-34H,20-23H2,1H3/t28?,29?,30-,31+/m1/s1. The summed E-state index contributed by atoms with van der Waals surface area (Å²) >= 11 is 0. The second kappa shape index (κ2) is 13.3. The van der Waals surface area contributed by atoms with Gasteiger partial charge in [0.15, 0.2) is 0 Å². The first-order valence-electron chi connectivity index (χ1n) is 12.5. The van der Waals surface area contributed by atoms with E-state index >= 15 is 0 Å². The van der Waals surface area contributed by atoms with Gasteiger partial charge in [0, 0.05) is 11.9 Å². The molecule has 1 aromatic heterocycles. The first-order chi connectivity index (χ1) is 18.1. The average Bonchev–Trinajstić information content (AvgIpc) is 3.48. The summed E-state index contributed by atoms with van der Waals surface area (Å²) in [6.45, 7) is 2.61. The van der Waals surface area contributed by atoms with E-state index in [0.717, 1.165) is 16.7 Å². The Kier molecular flexibility index (Phi) is 9.65. The molecule has 0 aliphatic carbocycles. The van der Waals surface area contributed by atoms with Crippen molar-refractivity contribution in [3.05, 3.63) is 132 Å². The van der Waals surface area contributed by atoms with Crippen molar-refractivity contribution < 1.29 is 24.4 Å². The summed E-state index contributed by atoms with van der Waals surface area (Å²) in [4.78, 5) is 3.07. The molecule has 3 N–H and O–H groups in total. The third-order valence-corrected chi connectivity index (χ3v) is 6.44. The number of ether oxygens (including phenoxy) is 3. The maximum absolute atomic E-state index is 11.5. The number of hydrogen-bond donors (Lipinski definition) is 3. The fourth-order valence-corrected chi connectivity index (χ4v) is 4.33. The van der Waals surface area contributed by atoms with Crippen LogP contribution in [0.2, 0.25) is 0 Å². The third-order valence-electron chi connectivity index (χ3n) is 6.44. The van der Waals surface area contributed by atoms with Gasteiger partial charge in [0.1, 0.15) is 23.9 Å². The van der Waals surface area contributed by atoms with Crippen LogP contribution in [0.15, 0.2) is 109 Å². The number of aromatic nitrogens is 1. The predicted octanol–water partition coefficient (Wildman–Crippen LogP) is 5.19. The fourth-order valence-electron chi connectivity index (χ4n) is 4.33. The van der Waals surface area contributed by atoms with Gasteiger partial charge in [-0.3, -0.25) is 0 Å². The highest BCUT2D eigenvalue weighted by Crippen LogP contribution is 2.36. The molecule has 4 rings (SSSR count). The van der Waals surface area contributed by atoms with E-state index in [4.69, 9.17) is 14.2 Å². The minimum atomic E-state index is -1.31. The van der Waals surface area contributed by atoms with Crippen LogP contribution in [0.25, 0.3) is 0 Å². The van der Waals surface area contributed by atoms with Crippen LogP contribution in [-0.4, -0.2) is 39.6 Å². The molecule has 0 amide bonds. The predicted molar refractivity (Wildman–Crippen MR) is 143 cm³/mol. The number of nitrogens with one attached hydrogen (secondary N) is 1. The zero-order chi connectivity index (χ0) is 25.9. The third kappa shape index (κ3) is 7.38. The molecule has 0 radical (unpaired) electrons. The average molecular weight is 502 g/mol. The van der Waals surface area contributed by atoms with Gasteiger partial charge < -0.3 is 29.4 Å². The van der Waals surface area contributed by atoms with Crippen LogP contribution in [0, 0.1) is 0 Å². The van der Waals surface area contributed by atoms with Crippen molar-refractivity contribution in [2.45, 2.75) is 50.7 Å². The number of benzene rings is 3. The molecule has 194 valence electrons. The Hall–Kier alpha value is -3.26. The van der Waals surface area contributed by atoms with Gasteiger partial charge in [0.05, 0.1) is 26.4 Å². The minimum absolute atomic E-state index is 0.0100. The molecule has 6 nitrogen and oxygen atoms in total. The normalized spacial score (nSPS) is 15.5. The smallest absolute Gasteiger partial charge is 0.126 e. The van der Waals surface area contributed by atoms with Gasteiger partial charge in [0.25, 0.3) is 0 Å². The van der Waals surface area contributed by atoms with Gasteiger partial charge >= 0.3 is 0 Å². The van der Waals surface area contributed by atoms with Crippen LogP contribution in [-0.2, 0) is 34.0 Å². The van der Waals surface area contributed by atoms with Crippen molar-refractivity contribution in [1.82, 2.24) is 4.98 Å². The van der Waals surface area contributed by atoms with E-state index in [0.29, 0.717) is 12.3 Å². The van der Waals surface area contributed by atoms with Crippen LogP contribution in [0.4, 0.5) is 0 Å². The van der Waals surface area contributed by atoms with Gasteiger partial charge in [-0.05, 0) is 35.7 Å². The Bertz CT molecular complexity index is 1150. The largest absolute Gasteiger partial charge is 0.388 e. The molecule has 2 unspecified atom stereocenters. The summed E-state index contributed by atoms with van der Waals surface area (Å²) in [7, 11) is 0. The van der Waals surface area contributed by atoms with Crippen LogP contribution >= 0.6 is 0 Å². The van der Waals surface area contributed by atoms with Crippen molar-refractivity contribution in [2.75, 3.05) is 6.61 Å². The van der Waals surface area contributed by atoms with E-state index in [9.17, 15) is 10.2 Å². The summed E-state index contributed by atoms with van der Waals surface area (Å²) in [6, 6.07) is 32.8. The summed E-state index contributed by atoms with van der Waals surface area (Å²) in [5, 5.41) is 22.9. The van der Waals surface area contributed by atoms with E-state index in [1.165, 1.54) is 0 Å². The lowest BCUT2D eigenvalue weighted by atomic mass is 9.86. The maximum Gasteiger partial charge on any atom is 0.126 e. The molecule has 0 bridgehead atoms. The number of H-pyrrole nitrogens is 1. The van der Waals surface area contributed by atoms with Crippen molar-refractivity contribution in [3.63, 3.8) is 0 Å². The van der Waals surface area contributed by atoms with E-state index in [-0.39, 0.29) is 19.8 Å². The van der Waals surface area contributed by atoms with E-state index < -0.39 is 23.9 Å². The number of hydrogen-bond acceptors (Lipinski definition) is 5. The van der Waals surface area contributed by atoms with Gasteiger partial charge in [-0.15, -0.1) is 0 Å². The lowest BCUT2D eigenvalue weighted by Crippen LogP contribution is -2.55. The maximum atomic E-state index is 11.5.